The number of hydrogen-bond donors (Lipinski definition) is 0. The predicted octanol–water partition coefficient (Wildman–Crippen LogP) is 2.57. The predicted molar refractivity (Wildman–Crippen MR) is 110 cm³/mol. The van der Waals surface area contributed by atoms with Crippen molar-refractivity contribution < 1.29 is 22.7 Å². The van der Waals surface area contributed by atoms with Crippen molar-refractivity contribution in [3.63, 3.8) is 0 Å². The third kappa shape index (κ3) is 4.56. The number of esters is 1. The van der Waals surface area contributed by atoms with E-state index in [2.05, 4.69) is 0 Å². The zero-order valence-corrected chi connectivity index (χ0v) is 17.8. The summed E-state index contributed by atoms with van der Waals surface area (Å²) in [5.41, 5.74) is 0.646. The first-order valence-corrected chi connectivity index (χ1v) is 10.9. The second-order valence-electron chi connectivity index (χ2n) is 6.56. The summed E-state index contributed by atoms with van der Waals surface area (Å²) in [4.78, 5) is 14.6. The zero-order valence-electron chi connectivity index (χ0n) is 16.2. The number of carbonyl (C=O) groups excluding carboxylic acids is 1. The third-order valence-corrected chi connectivity index (χ3v) is 7.22. The molecule has 3 rings (SSSR count). The molecule has 156 valence electrons. The van der Waals surface area contributed by atoms with Gasteiger partial charge in [0.15, 0.2) is 0 Å². The molecule has 2 aromatic rings. The molecule has 0 radical (unpaired) electrons. The number of benzene rings is 2. The van der Waals surface area contributed by atoms with Gasteiger partial charge in [0.25, 0.3) is 0 Å². The number of piperazine rings is 1. The topological polar surface area (TPSA) is 76.2 Å². The number of carbonyl (C=O) groups is 1. The molecule has 2 aromatic carbocycles. The van der Waals surface area contributed by atoms with Gasteiger partial charge in [-0.05, 0) is 35.9 Å². The Kier molecular flexibility index (Phi) is 6.79. The molecule has 0 spiro atoms. The van der Waals surface area contributed by atoms with Gasteiger partial charge in [0.05, 0.1) is 19.1 Å². The van der Waals surface area contributed by atoms with Crippen molar-refractivity contribution in [1.29, 1.82) is 0 Å². The Morgan fingerprint density at radius 3 is 2.17 bits per heavy atom. The van der Waals surface area contributed by atoms with Crippen LogP contribution in [-0.2, 0) is 19.6 Å². The minimum atomic E-state index is -3.63. The molecule has 0 N–H and O–H groups in total. The standard InChI is InChI=1S/C20H23ClN2O5S/c1-27-15-7-9-16(10-8-15)29(25,26)23-13-11-22(12-14-23)19(20(24)28-2)17-5-3-4-6-18(17)21/h3-10,19H,11-14H2,1-2H3. The summed E-state index contributed by atoms with van der Waals surface area (Å²) in [5.74, 6) is 0.166. The van der Waals surface area contributed by atoms with Crippen LogP contribution in [0.15, 0.2) is 53.4 Å². The van der Waals surface area contributed by atoms with Crippen LogP contribution < -0.4 is 4.74 Å². The lowest BCUT2D eigenvalue weighted by Gasteiger charge is -2.37. The van der Waals surface area contributed by atoms with E-state index >= 15 is 0 Å². The van der Waals surface area contributed by atoms with Crippen molar-refractivity contribution in [2.75, 3.05) is 40.4 Å². The van der Waals surface area contributed by atoms with Crippen molar-refractivity contribution in [3.05, 3.63) is 59.1 Å². The molecule has 0 aromatic heterocycles. The van der Waals surface area contributed by atoms with Gasteiger partial charge < -0.3 is 9.47 Å². The van der Waals surface area contributed by atoms with Crippen LogP contribution in [0.3, 0.4) is 0 Å². The summed E-state index contributed by atoms with van der Waals surface area (Å²) in [6.45, 7) is 1.26. The van der Waals surface area contributed by atoms with Gasteiger partial charge in [0.2, 0.25) is 10.0 Å². The molecule has 0 amide bonds. The minimum Gasteiger partial charge on any atom is -0.497 e. The van der Waals surface area contributed by atoms with Gasteiger partial charge in [-0.15, -0.1) is 0 Å². The lowest BCUT2D eigenvalue weighted by molar-refractivity contribution is -0.147. The molecular weight excluding hydrogens is 416 g/mol. The van der Waals surface area contributed by atoms with Crippen molar-refractivity contribution in [1.82, 2.24) is 9.21 Å². The number of ether oxygens (including phenoxy) is 2. The van der Waals surface area contributed by atoms with Gasteiger partial charge >= 0.3 is 5.97 Å². The van der Waals surface area contributed by atoms with Gasteiger partial charge in [-0.2, -0.15) is 4.31 Å². The van der Waals surface area contributed by atoms with Crippen LogP contribution in [0, 0.1) is 0 Å². The van der Waals surface area contributed by atoms with E-state index in [0.717, 1.165) is 0 Å². The number of rotatable bonds is 6. The normalized spacial score (nSPS) is 16.9. The van der Waals surface area contributed by atoms with E-state index in [-0.39, 0.29) is 18.0 Å². The molecule has 29 heavy (non-hydrogen) atoms. The lowest BCUT2D eigenvalue weighted by Crippen LogP contribution is -2.51. The fraction of sp³-hybridized carbons (Fsp3) is 0.350. The Morgan fingerprint density at radius 1 is 1.00 bits per heavy atom. The highest BCUT2D eigenvalue weighted by atomic mass is 35.5. The second kappa shape index (κ2) is 9.13. The van der Waals surface area contributed by atoms with Crippen molar-refractivity contribution in [3.8, 4) is 5.75 Å². The quantitative estimate of drug-likeness (QED) is 0.645. The smallest absolute Gasteiger partial charge is 0.327 e. The summed E-state index contributed by atoms with van der Waals surface area (Å²) in [5, 5.41) is 0.469. The van der Waals surface area contributed by atoms with Crippen LogP contribution in [0.2, 0.25) is 5.02 Å². The van der Waals surface area contributed by atoms with Crippen LogP contribution >= 0.6 is 11.6 Å². The van der Waals surface area contributed by atoms with Crippen molar-refractivity contribution >= 4 is 27.6 Å². The van der Waals surface area contributed by atoms with Gasteiger partial charge in [-0.25, -0.2) is 13.2 Å². The van der Waals surface area contributed by atoms with E-state index in [1.54, 1.807) is 30.3 Å². The Morgan fingerprint density at radius 2 is 1.62 bits per heavy atom. The SMILES string of the molecule is COC(=O)C(c1ccccc1Cl)N1CCN(S(=O)(=O)c2ccc(OC)cc2)CC1. The average molecular weight is 439 g/mol. The molecule has 1 aliphatic rings. The molecule has 0 aliphatic carbocycles. The average Bonchev–Trinajstić information content (AvgIpc) is 2.75. The Hall–Kier alpha value is -2.13. The number of hydrogen-bond acceptors (Lipinski definition) is 6. The number of nitrogens with zero attached hydrogens (tertiary/aromatic N) is 2. The van der Waals surface area contributed by atoms with Crippen molar-refractivity contribution in [2.45, 2.75) is 10.9 Å². The maximum absolute atomic E-state index is 12.9. The molecule has 1 unspecified atom stereocenters. The molecule has 9 heteroatoms. The maximum Gasteiger partial charge on any atom is 0.327 e. The summed E-state index contributed by atoms with van der Waals surface area (Å²) >= 11 is 6.29. The Balaban J connectivity index is 1.77. The monoisotopic (exact) mass is 438 g/mol. The molecule has 0 saturated carbocycles. The van der Waals surface area contributed by atoms with Crippen LogP contribution in [-0.4, -0.2) is 64.0 Å². The van der Waals surface area contributed by atoms with Crippen LogP contribution in [0.5, 0.6) is 5.75 Å². The Bertz CT molecular complexity index is 957. The fourth-order valence-electron chi connectivity index (χ4n) is 3.38. The van der Waals surface area contributed by atoms with E-state index < -0.39 is 22.0 Å². The molecule has 1 saturated heterocycles. The lowest BCUT2D eigenvalue weighted by atomic mass is 10.0. The first kappa shape index (κ1) is 21.6. The first-order valence-electron chi connectivity index (χ1n) is 9.09. The first-order chi connectivity index (χ1) is 13.9. The summed E-state index contributed by atoms with van der Waals surface area (Å²) in [7, 11) is -0.769. The number of halogens is 1. The summed E-state index contributed by atoms with van der Waals surface area (Å²) in [6.07, 6.45) is 0. The highest BCUT2D eigenvalue weighted by molar-refractivity contribution is 7.89. The maximum atomic E-state index is 12.9. The van der Waals surface area contributed by atoms with Gasteiger partial charge in [-0.1, -0.05) is 29.8 Å². The molecular formula is C20H23ClN2O5S. The van der Waals surface area contributed by atoms with Crippen LogP contribution in [0.25, 0.3) is 0 Å². The van der Waals surface area contributed by atoms with E-state index in [1.165, 1.54) is 30.7 Å². The van der Waals surface area contributed by atoms with Gasteiger partial charge in [-0.3, -0.25) is 4.90 Å². The highest BCUT2D eigenvalue weighted by Gasteiger charge is 2.35. The largest absolute Gasteiger partial charge is 0.497 e. The molecule has 7 nitrogen and oxygen atoms in total. The third-order valence-electron chi connectivity index (χ3n) is 4.96. The highest BCUT2D eigenvalue weighted by Crippen LogP contribution is 2.30. The van der Waals surface area contributed by atoms with Crippen molar-refractivity contribution in [2.24, 2.45) is 0 Å². The minimum absolute atomic E-state index is 0.211. The summed E-state index contributed by atoms with van der Waals surface area (Å²) < 4.78 is 37.3. The second-order valence-corrected chi connectivity index (χ2v) is 8.91. The van der Waals surface area contributed by atoms with E-state index in [1.807, 2.05) is 11.0 Å². The van der Waals surface area contributed by atoms with Crippen LogP contribution in [0.4, 0.5) is 0 Å². The summed E-state index contributed by atoms with van der Waals surface area (Å²) in [6, 6.07) is 12.7. The molecule has 0 bridgehead atoms. The van der Waals surface area contributed by atoms with Gasteiger partial charge in [0.1, 0.15) is 11.8 Å². The van der Waals surface area contributed by atoms with E-state index in [9.17, 15) is 13.2 Å². The van der Waals surface area contributed by atoms with Gasteiger partial charge in [0, 0.05) is 31.2 Å². The molecule has 1 atom stereocenters. The number of sulfonamides is 1. The zero-order chi connectivity index (χ0) is 21.0. The van der Waals surface area contributed by atoms with E-state index in [4.69, 9.17) is 21.1 Å². The molecule has 1 fully saturated rings. The van der Waals surface area contributed by atoms with Crippen LogP contribution in [0.1, 0.15) is 11.6 Å². The fourth-order valence-corrected chi connectivity index (χ4v) is 5.04. The Labute approximate surface area is 175 Å². The number of methoxy groups -OCH3 is 2. The van der Waals surface area contributed by atoms with E-state index in [0.29, 0.717) is 29.4 Å². The molecule has 1 heterocycles. The molecule has 1 aliphatic heterocycles.